The molecule has 0 aliphatic carbocycles. The molecule has 2 fully saturated rings. The molecule has 174 valence electrons. The number of amides is 4. The lowest BCUT2D eigenvalue weighted by Gasteiger charge is -2.43. The van der Waals surface area contributed by atoms with Crippen LogP contribution in [0.4, 0.5) is 4.79 Å². The van der Waals surface area contributed by atoms with Crippen LogP contribution in [0.5, 0.6) is 0 Å². The predicted octanol–water partition coefficient (Wildman–Crippen LogP) is 2.39. The van der Waals surface area contributed by atoms with Crippen molar-refractivity contribution in [2.45, 2.75) is 45.1 Å². The monoisotopic (exact) mass is 469 g/mol. The Labute approximate surface area is 198 Å². The molecule has 2 N–H and O–H groups in total. The third-order valence-corrected chi connectivity index (χ3v) is 6.39. The number of benzene rings is 2. The highest BCUT2D eigenvalue weighted by molar-refractivity contribution is 6.30. The van der Waals surface area contributed by atoms with E-state index in [9.17, 15) is 14.4 Å². The summed E-state index contributed by atoms with van der Waals surface area (Å²) in [6, 6.07) is 15.0. The van der Waals surface area contributed by atoms with Crippen molar-refractivity contribution in [2.24, 2.45) is 0 Å². The number of nitrogens with zero attached hydrogens (tertiary/aromatic N) is 3. The average Bonchev–Trinajstić information content (AvgIpc) is 3.16. The molecule has 2 saturated heterocycles. The Hall–Kier alpha value is -2.94. The number of hydrazine groups is 1. The molecular formula is C24H28ClN5O3. The summed E-state index contributed by atoms with van der Waals surface area (Å²) in [5, 5.41) is 5.36. The Morgan fingerprint density at radius 3 is 2.42 bits per heavy atom. The van der Waals surface area contributed by atoms with Gasteiger partial charge in [0.05, 0.1) is 12.6 Å². The maximum absolute atomic E-state index is 13.5. The third kappa shape index (κ3) is 4.88. The van der Waals surface area contributed by atoms with Crippen LogP contribution in [0.15, 0.2) is 54.6 Å². The van der Waals surface area contributed by atoms with Gasteiger partial charge < -0.3 is 10.2 Å². The fourth-order valence-electron chi connectivity index (χ4n) is 4.52. The van der Waals surface area contributed by atoms with E-state index in [1.54, 1.807) is 12.1 Å². The third-order valence-electron chi connectivity index (χ3n) is 6.14. The highest BCUT2D eigenvalue weighted by Gasteiger charge is 2.54. The smallest absolute Gasteiger partial charge is 0.327 e. The van der Waals surface area contributed by atoms with Crippen molar-refractivity contribution in [1.82, 2.24) is 25.6 Å². The minimum absolute atomic E-state index is 0.129. The first kappa shape index (κ1) is 23.2. The quantitative estimate of drug-likeness (QED) is 0.650. The summed E-state index contributed by atoms with van der Waals surface area (Å²) in [4.78, 5) is 42.5. The van der Waals surface area contributed by atoms with Gasteiger partial charge in [-0.15, -0.1) is 0 Å². The van der Waals surface area contributed by atoms with Crippen LogP contribution in [0.1, 0.15) is 25.0 Å². The van der Waals surface area contributed by atoms with Crippen LogP contribution in [0.3, 0.4) is 0 Å². The van der Waals surface area contributed by atoms with E-state index >= 15 is 0 Å². The lowest BCUT2D eigenvalue weighted by Crippen LogP contribution is -2.67. The van der Waals surface area contributed by atoms with Crippen LogP contribution in [0.25, 0.3) is 0 Å². The maximum atomic E-state index is 13.5. The second-order valence-electron chi connectivity index (χ2n) is 8.36. The molecule has 0 radical (unpaired) electrons. The number of nitrogens with one attached hydrogen (secondary N) is 2. The fourth-order valence-corrected chi connectivity index (χ4v) is 4.64. The molecule has 3 atom stereocenters. The highest BCUT2D eigenvalue weighted by atomic mass is 35.5. The first-order valence-electron chi connectivity index (χ1n) is 11.1. The standard InChI is InChI=1S/C24H28ClN5O3/c1-3-30-22-21(16(2)27-30)28(15-20(31)26-13-17-9-11-19(25)12-10-17)24(33)29(23(22)32)14-18-7-5-4-6-8-18/h4-12,16,21-22,27H,3,13-15H2,1-2H3,(H,26,31). The van der Waals surface area contributed by atoms with Gasteiger partial charge in [-0.2, -0.15) is 0 Å². The number of fused-ring (bicyclic) bond motifs is 1. The number of hydrogen-bond acceptors (Lipinski definition) is 5. The number of carbonyl (C=O) groups excluding carboxylic acids is 3. The van der Waals surface area contributed by atoms with Gasteiger partial charge in [-0.3, -0.25) is 14.5 Å². The lowest BCUT2D eigenvalue weighted by molar-refractivity contribution is -0.140. The molecule has 2 aliphatic rings. The molecule has 0 bridgehead atoms. The molecule has 0 saturated carbocycles. The first-order valence-corrected chi connectivity index (χ1v) is 11.5. The SMILES string of the molecule is CCN1NC(C)C2C1C(=O)N(Cc1ccccc1)C(=O)N2CC(=O)NCc1ccc(Cl)cc1. The van der Waals surface area contributed by atoms with Gasteiger partial charge in [0.25, 0.3) is 5.91 Å². The zero-order chi connectivity index (χ0) is 23.5. The molecule has 4 amide bonds. The number of hydrogen-bond donors (Lipinski definition) is 2. The number of urea groups is 1. The second kappa shape index (κ2) is 9.91. The van der Waals surface area contributed by atoms with Crippen LogP contribution in [0, 0.1) is 0 Å². The number of rotatable bonds is 7. The number of carbonyl (C=O) groups is 3. The van der Waals surface area contributed by atoms with Crippen LogP contribution >= 0.6 is 11.6 Å². The fraction of sp³-hybridized carbons (Fsp3) is 0.375. The summed E-state index contributed by atoms with van der Waals surface area (Å²) in [6.45, 7) is 4.84. The Kier molecular flexibility index (Phi) is 6.97. The molecule has 33 heavy (non-hydrogen) atoms. The van der Waals surface area contributed by atoms with E-state index in [1.165, 1.54) is 9.80 Å². The van der Waals surface area contributed by atoms with Gasteiger partial charge in [0.2, 0.25) is 5.91 Å². The van der Waals surface area contributed by atoms with E-state index in [2.05, 4.69) is 10.7 Å². The average molecular weight is 470 g/mol. The minimum Gasteiger partial charge on any atom is -0.350 e. The number of imide groups is 1. The summed E-state index contributed by atoms with van der Waals surface area (Å²) in [7, 11) is 0. The molecule has 4 rings (SSSR count). The molecule has 2 heterocycles. The molecule has 0 spiro atoms. The van der Waals surface area contributed by atoms with E-state index in [0.29, 0.717) is 18.1 Å². The molecule has 2 aromatic rings. The summed E-state index contributed by atoms with van der Waals surface area (Å²) in [6.07, 6.45) is 0. The zero-order valence-corrected chi connectivity index (χ0v) is 19.5. The van der Waals surface area contributed by atoms with Crippen LogP contribution in [-0.4, -0.2) is 63.9 Å². The van der Waals surface area contributed by atoms with E-state index in [0.717, 1.165) is 11.1 Å². The van der Waals surface area contributed by atoms with E-state index in [-0.39, 0.29) is 30.9 Å². The molecule has 2 aliphatic heterocycles. The van der Waals surface area contributed by atoms with Crippen molar-refractivity contribution < 1.29 is 14.4 Å². The summed E-state index contributed by atoms with van der Waals surface area (Å²) in [5.41, 5.74) is 5.06. The lowest BCUT2D eigenvalue weighted by atomic mass is 9.97. The molecule has 2 aromatic carbocycles. The zero-order valence-electron chi connectivity index (χ0n) is 18.7. The number of halogens is 1. The Bertz CT molecular complexity index is 1020. The van der Waals surface area contributed by atoms with Gasteiger partial charge >= 0.3 is 6.03 Å². The molecule has 8 nitrogen and oxygen atoms in total. The van der Waals surface area contributed by atoms with Crippen molar-refractivity contribution in [3.8, 4) is 0 Å². The molecule has 3 unspecified atom stereocenters. The van der Waals surface area contributed by atoms with Crippen molar-refractivity contribution in [2.75, 3.05) is 13.1 Å². The normalized spacial score (nSPS) is 23.1. The van der Waals surface area contributed by atoms with Crippen molar-refractivity contribution in [3.63, 3.8) is 0 Å². The Morgan fingerprint density at radius 1 is 1.06 bits per heavy atom. The van der Waals surface area contributed by atoms with Crippen molar-refractivity contribution >= 4 is 29.4 Å². The largest absolute Gasteiger partial charge is 0.350 e. The van der Waals surface area contributed by atoms with Gasteiger partial charge in [-0.05, 0) is 30.2 Å². The first-order chi connectivity index (χ1) is 15.9. The highest BCUT2D eigenvalue weighted by Crippen LogP contribution is 2.29. The van der Waals surface area contributed by atoms with Crippen molar-refractivity contribution in [3.05, 3.63) is 70.7 Å². The second-order valence-corrected chi connectivity index (χ2v) is 8.80. The van der Waals surface area contributed by atoms with E-state index in [1.807, 2.05) is 61.3 Å². The van der Waals surface area contributed by atoms with Gasteiger partial charge in [0, 0.05) is 24.2 Å². The topological polar surface area (TPSA) is 85.0 Å². The Morgan fingerprint density at radius 2 is 1.76 bits per heavy atom. The molecular weight excluding hydrogens is 442 g/mol. The number of likely N-dealkylation sites (N-methyl/N-ethyl adjacent to an activating group) is 1. The molecule has 9 heteroatoms. The predicted molar refractivity (Wildman–Crippen MR) is 125 cm³/mol. The summed E-state index contributed by atoms with van der Waals surface area (Å²) in [5.74, 6) is -0.529. The minimum atomic E-state index is -0.546. The van der Waals surface area contributed by atoms with Gasteiger partial charge in [0.15, 0.2) is 0 Å². The van der Waals surface area contributed by atoms with Gasteiger partial charge in [-0.1, -0.05) is 61.0 Å². The van der Waals surface area contributed by atoms with Gasteiger partial charge in [0.1, 0.15) is 12.6 Å². The van der Waals surface area contributed by atoms with Crippen molar-refractivity contribution in [1.29, 1.82) is 0 Å². The van der Waals surface area contributed by atoms with Crippen LogP contribution in [-0.2, 0) is 22.7 Å². The van der Waals surface area contributed by atoms with Gasteiger partial charge in [-0.25, -0.2) is 15.2 Å². The maximum Gasteiger partial charge on any atom is 0.327 e. The Balaban J connectivity index is 1.53. The van der Waals surface area contributed by atoms with E-state index in [4.69, 9.17) is 11.6 Å². The van der Waals surface area contributed by atoms with E-state index < -0.39 is 18.1 Å². The molecule has 0 aromatic heterocycles. The van der Waals surface area contributed by atoms with Crippen LogP contribution < -0.4 is 10.7 Å². The van der Waals surface area contributed by atoms with Crippen LogP contribution in [0.2, 0.25) is 5.02 Å². The summed E-state index contributed by atoms with van der Waals surface area (Å²) < 4.78 is 0. The summed E-state index contributed by atoms with van der Waals surface area (Å²) >= 11 is 5.92.